The van der Waals surface area contributed by atoms with Crippen LogP contribution in [0.3, 0.4) is 0 Å². The van der Waals surface area contributed by atoms with Crippen molar-refractivity contribution in [2.24, 2.45) is 5.90 Å². The SMILES string of the molecule is COc1cc(C2(CON)CC2)cc(C)n1. The minimum absolute atomic E-state index is 0.107. The third-order valence-corrected chi connectivity index (χ3v) is 2.96. The molecule has 1 aromatic rings. The minimum Gasteiger partial charge on any atom is -0.481 e. The van der Waals surface area contributed by atoms with E-state index in [2.05, 4.69) is 11.1 Å². The first-order chi connectivity index (χ1) is 7.20. The van der Waals surface area contributed by atoms with E-state index in [1.54, 1.807) is 7.11 Å². The lowest BCUT2D eigenvalue weighted by Gasteiger charge is -2.15. The maximum Gasteiger partial charge on any atom is 0.213 e. The standard InChI is InChI=1S/C11H16N2O2/c1-8-5-9(6-10(13-8)14-2)11(3-4-11)7-15-12/h5-6H,3-4,7,12H2,1-2H3. The monoisotopic (exact) mass is 208 g/mol. The Kier molecular flexibility index (Phi) is 2.63. The van der Waals surface area contributed by atoms with Gasteiger partial charge in [-0.25, -0.2) is 10.9 Å². The minimum atomic E-state index is 0.107. The zero-order chi connectivity index (χ0) is 10.9. The fraction of sp³-hybridized carbons (Fsp3) is 0.545. The molecule has 1 saturated carbocycles. The van der Waals surface area contributed by atoms with Gasteiger partial charge in [0.2, 0.25) is 5.88 Å². The van der Waals surface area contributed by atoms with Crippen molar-refractivity contribution < 1.29 is 9.57 Å². The number of rotatable bonds is 4. The lowest BCUT2D eigenvalue weighted by Crippen LogP contribution is -2.18. The second-order valence-electron chi connectivity index (χ2n) is 4.13. The highest BCUT2D eigenvalue weighted by Crippen LogP contribution is 2.48. The first-order valence-electron chi connectivity index (χ1n) is 5.05. The van der Waals surface area contributed by atoms with E-state index < -0.39 is 0 Å². The number of ether oxygens (including phenoxy) is 1. The van der Waals surface area contributed by atoms with Crippen molar-refractivity contribution in [3.05, 3.63) is 23.4 Å². The molecule has 1 aliphatic carbocycles. The Bertz CT molecular complexity index is 362. The molecule has 2 rings (SSSR count). The van der Waals surface area contributed by atoms with E-state index in [9.17, 15) is 0 Å². The quantitative estimate of drug-likeness (QED) is 0.758. The van der Waals surface area contributed by atoms with Crippen LogP contribution in [0.2, 0.25) is 0 Å². The van der Waals surface area contributed by atoms with Gasteiger partial charge in [-0.2, -0.15) is 0 Å². The summed E-state index contributed by atoms with van der Waals surface area (Å²) in [5.74, 6) is 5.81. The molecule has 1 fully saturated rings. The summed E-state index contributed by atoms with van der Waals surface area (Å²) in [5.41, 5.74) is 2.29. The zero-order valence-corrected chi connectivity index (χ0v) is 9.12. The second-order valence-corrected chi connectivity index (χ2v) is 4.13. The van der Waals surface area contributed by atoms with E-state index in [0.717, 1.165) is 18.5 Å². The molecule has 0 aliphatic heterocycles. The third kappa shape index (κ3) is 1.96. The van der Waals surface area contributed by atoms with Crippen LogP contribution in [0.1, 0.15) is 24.1 Å². The highest BCUT2D eigenvalue weighted by atomic mass is 16.6. The van der Waals surface area contributed by atoms with Crippen LogP contribution in [0.5, 0.6) is 5.88 Å². The Morgan fingerprint density at radius 2 is 2.20 bits per heavy atom. The lowest BCUT2D eigenvalue weighted by molar-refractivity contribution is 0.116. The molecule has 1 heterocycles. The highest BCUT2D eigenvalue weighted by molar-refractivity contribution is 5.36. The summed E-state index contributed by atoms with van der Waals surface area (Å²) in [7, 11) is 1.63. The van der Waals surface area contributed by atoms with Crippen LogP contribution in [0, 0.1) is 6.92 Å². The number of hydrogen-bond donors (Lipinski definition) is 1. The van der Waals surface area contributed by atoms with E-state index in [1.807, 2.05) is 13.0 Å². The Labute approximate surface area is 89.4 Å². The molecule has 0 spiro atoms. The number of methoxy groups -OCH3 is 1. The normalized spacial score (nSPS) is 17.5. The summed E-state index contributed by atoms with van der Waals surface area (Å²) >= 11 is 0. The van der Waals surface area contributed by atoms with E-state index >= 15 is 0 Å². The lowest BCUT2D eigenvalue weighted by atomic mass is 9.97. The maximum atomic E-state index is 5.15. The van der Waals surface area contributed by atoms with E-state index in [4.69, 9.17) is 15.5 Å². The molecule has 0 amide bonds. The maximum absolute atomic E-state index is 5.15. The molecular formula is C11H16N2O2. The topological polar surface area (TPSA) is 57.4 Å². The summed E-state index contributed by atoms with van der Waals surface area (Å²) in [4.78, 5) is 9.04. The summed E-state index contributed by atoms with van der Waals surface area (Å²) in [6.45, 7) is 2.53. The van der Waals surface area contributed by atoms with Crippen LogP contribution >= 0.6 is 0 Å². The van der Waals surface area contributed by atoms with Crippen molar-refractivity contribution in [3.8, 4) is 5.88 Å². The van der Waals surface area contributed by atoms with Crippen LogP contribution in [-0.4, -0.2) is 18.7 Å². The van der Waals surface area contributed by atoms with E-state index in [0.29, 0.717) is 12.5 Å². The predicted molar refractivity (Wildman–Crippen MR) is 56.6 cm³/mol. The fourth-order valence-corrected chi connectivity index (χ4v) is 1.88. The van der Waals surface area contributed by atoms with E-state index in [-0.39, 0.29) is 5.41 Å². The first-order valence-corrected chi connectivity index (χ1v) is 5.05. The predicted octanol–water partition coefficient (Wildman–Crippen LogP) is 1.32. The van der Waals surface area contributed by atoms with Gasteiger partial charge in [0, 0.05) is 17.2 Å². The third-order valence-electron chi connectivity index (χ3n) is 2.96. The molecule has 82 valence electrons. The second kappa shape index (κ2) is 3.79. The van der Waals surface area contributed by atoms with Crippen LogP contribution in [0.4, 0.5) is 0 Å². The van der Waals surface area contributed by atoms with Crippen molar-refractivity contribution in [1.29, 1.82) is 0 Å². The Morgan fingerprint density at radius 1 is 1.47 bits per heavy atom. The molecule has 1 aliphatic rings. The fourth-order valence-electron chi connectivity index (χ4n) is 1.88. The summed E-state index contributed by atoms with van der Waals surface area (Å²) in [5, 5.41) is 0. The van der Waals surface area contributed by atoms with Crippen LogP contribution in [0.15, 0.2) is 12.1 Å². The van der Waals surface area contributed by atoms with Gasteiger partial charge in [0.25, 0.3) is 0 Å². The van der Waals surface area contributed by atoms with Crippen molar-refractivity contribution in [3.63, 3.8) is 0 Å². The van der Waals surface area contributed by atoms with Gasteiger partial charge in [-0.15, -0.1) is 0 Å². The van der Waals surface area contributed by atoms with Crippen molar-refractivity contribution in [1.82, 2.24) is 4.98 Å². The summed E-state index contributed by atoms with van der Waals surface area (Å²) in [6.07, 6.45) is 2.24. The Hall–Kier alpha value is -1.13. The smallest absolute Gasteiger partial charge is 0.213 e. The highest BCUT2D eigenvalue weighted by Gasteiger charge is 2.45. The number of nitrogens with two attached hydrogens (primary N) is 1. The molecule has 0 bridgehead atoms. The first kappa shape index (κ1) is 10.4. The number of aromatic nitrogens is 1. The number of nitrogens with zero attached hydrogens (tertiary/aromatic N) is 1. The number of aryl methyl sites for hydroxylation is 1. The molecule has 2 N–H and O–H groups in total. The number of pyridine rings is 1. The van der Waals surface area contributed by atoms with Crippen molar-refractivity contribution in [2.75, 3.05) is 13.7 Å². The molecular weight excluding hydrogens is 192 g/mol. The average molecular weight is 208 g/mol. The molecule has 4 heteroatoms. The van der Waals surface area contributed by atoms with E-state index in [1.165, 1.54) is 5.56 Å². The van der Waals surface area contributed by atoms with Crippen molar-refractivity contribution >= 4 is 0 Å². The van der Waals surface area contributed by atoms with Crippen LogP contribution < -0.4 is 10.6 Å². The molecule has 15 heavy (non-hydrogen) atoms. The molecule has 0 aromatic carbocycles. The molecule has 0 saturated heterocycles. The zero-order valence-electron chi connectivity index (χ0n) is 9.12. The van der Waals surface area contributed by atoms with Gasteiger partial charge in [0.1, 0.15) is 0 Å². The largest absolute Gasteiger partial charge is 0.481 e. The molecule has 4 nitrogen and oxygen atoms in total. The summed E-state index contributed by atoms with van der Waals surface area (Å²) < 4.78 is 5.15. The van der Waals surface area contributed by atoms with Crippen LogP contribution in [0.25, 0.3) is 0 Å². The van der Waals surface area contributed by atoms with Crippen LogP contribution in [-0.2, 0) is 10.3 Å². The van der Waals surface area contributed by atoms with Gasteiger partial charge in [0.15, 0.2) is 0 Å². The van der Waals surface area contributed by atoms with Gasteiger partial charge in [-0.1, -0.05) is 0 Å². The van der Waals surface area contributed by atoms with Gasteiger partial charge in [-0.05, 0) is 31.4 Å². The van der Waals surface area contributed by atoms with Gasteiger partial charge in [0.05, 0.1) is 13.7 Å². The summed E-state index contributed by atoms with van der Waals surface area (Å²) in [6, 6.07) is 4.05. The molecule has 0 atom stereocenters. The molecule has 0 radical (unpaired) electrons. The number of hydrogen-bond acceptors (Lipinski definition) is 4. The Balaban J connectivity index is 2.31. The molecule has 0 unspecified atom stereocenters. The average Bonchev–Trinajstić information content (AvgIpc) is 2.98. The molecule has 1 aromatic heterocycles. The van der Waals surface area contributed by atoms with Gasteiger partial charge in [-0.3, -0.25) is 0 Å². The van der Waals surface area contributed by atoms with Crippen molar-refractivity contribution in [2.45, 2.75) is 25.2 Å². The van der Waals surface area contributed by atoms with Gasteiger partial charge >= 0.3 is 0 Å². The Morgan fingerprint density at radius 3 is 2.73 bits per heavy atom. The van der Waals surface area contributed by atoms with Gasteiger partial charge < -0.3 is 9.57 Å².